The number of hydrogen-bond donors (Lipinski definition) is 0. The van der Waals surface area contributed by atoms with E-state index in [2.05, 4.69) is 65.1 Å². The summed E-state index contributed by atoms with van der Waals surface area (Å²) >= 11 is -2.40. The van der Waals surface area contributed by atoms with Gasteiger partial charge in [-0.15, -0.1) is 0 Å². The predicted molar refractivity (Wildman–Crippen MR) is 105 cm³/mol. The Morgan fingerprint density at radius 1 is 0.923 bits per heavy atom. The van der Waals surface area contributed by atoms with Crippen LogP contribution in [0.4, 0.5) is 0 Å². The van der Waals surface area contributed by atoms with Crippen molar-refractivity contribution in [2.24, 2.45) is 5.92 Å². The average molecular weight is 406 g/mol. The summed E-state index contributed by atoms with van der Waals surface area (Å²) < 4.78 is 15.8. The fraction of sp³-hybridized carbons (Fsp3) is 0.455. The van der Waals surface area contributed by atoms with Crippen LogP contribution >= 0.6 is 0 Å². The van der Waals surface area contributed by atoms with E-state index < -0.39 is 17.2 Å². The maximum atomic E-state index is 6.56. The monoisotopic (exact) mass is 405 g/mol. The van der Waals surface area contributed by atoms with Crippen LogP contribution in [0.3, 0.4) is 0 Å². The molecule has 134 valence electrons. The first-order valence-electron chi connectivity index (χ1n) is 10.0. The normalized spacial score (nSPS) is 30.9. The number of benzene rings is 2. The van der Waals surface area contributed by atoms with Crippen LogP contribution in [-0.4, -0.2) is 39.0 Å². The van der Waals surface area contributed by atoms with E-state index in [4.69, 9.17) is 7.06 Å². The summed E-state index contributed by atoms with van der Waals surface area (Å²) in [5.41, 5.74) is 2.48. The molecule has 5 rings (SSSR count). The molecule has 26 heavy (non-hydrogen) atoms. The van der Waals surface area contributed by atoms with E-state index >= 15 is 0 Å². The molecular weight excluding hydrogens is 380 g/mol. The predicted octanol–water partition coefficient (Wildman–Crippen LogP) is 4.77. The number of piperidine rings is 1. The molecule has 4 heteroatoms. The molecule has 0 spiro atoms. The van der Waals surface area contributed by atoms with Crippen LogP contribution in [0.1, 0.15) is 39.0 Å². The summed E-state index contributed by atoms with van der Waals surface area (Å²) in [5, 5.41) is 0. The van der Waals surface area contributed by atoms with Crippen molar-refractivity contribution >= 4 is 17.2 Å². The first-order chi connectivity index (χ1) is 12.8. The van der Waals surface area contributed by atoms with Crippen LogP contribution < -0.4 is 3.53 Å². The molecule has 0 aromatic heterocycles. The van der Waals surface area contributed by atoms with Crippen LogP contribution in [0.2, 0.25) is 0 Å². The molecule has 1 aliphatic carbocycles. The van der Waals surface area contributed by atoms with Gasteiger partial charge in [0.25, 0.3) is 0 Å². The molecule has 2 aromatic rings. The minimum atomic E-state index is -2.40. The Morgan fingerprint density at radius 3 is 2.50 bits per heavy atom. The van der Waals surface area contributed by atoms with Crippen LogP contribution in [0, 0.1) is 5.92 Å². The summed E-state index contributed by atoms with van der Waals surface area (Å²) in [6, 6.07) is 20.3. The average Bonchev–Trinajstić information content (AvgIpc) is 3.06. The van der Waals surface area contributed by atoms with Crippen LogP contribution in [0.5, 0.6) is 5.75 Å². The molecule has 0 radical (unpaired) electrons. The Balaban J connectivity index is 1.34. The first-order valence-corrected chi connectivity index (χ1v) is 13.1. The SMILES string of the molecule is CC1CCC2CCCC3[O][Ga]([O]c4ccc(-c5ccccc5)cc4)[N]1C23. The van der Waals surface area contributed by atoms with E-state index in [0.717, 1.165) is 11.7 Å². The standard InChI is InChI=1S/C12H10O.C10H17NO.Ga/c13-12-8-6-11(7-9-12)10-4-2-1-3-5-10;1-7-5-6-8-3-2-4-9(12)10(8)11-7;/h1-9,13H;7-10H,2-6H2,1H3;/q;-2;+3/p-1. The van der Waals surface area contributed by atoms with Gasteiger partial charge < -0.3 is 0 Å². The quantitative estimate of drug-likeness (QED) is 0.686. The second kappa shape index (κ2) is 7.08. The van der Waals surface area contributed by atoms with Crippen molar-refractivity contribution in [1.82, 2.24) is 3.61 Å². The molecule has 0 bridgehead atoms. The Hall–Kier alpha value is -1.20. The molecule has 2 saturated heterocycles. The molecule has 3 aliphatic rings. The molecule has 2 aromatic carbocycles. The summed E-state index contributed by atoms with van der Waals surface area (Å²) in [7, 11) is 0. The first kappa shape index (κ1) is 16.9. The molecule has 2 aliphatic heterocycles. The summed E-state index contributed by atoms with van der Waals surface area (Å²) in [6.45, 7) is 2.37. The molecule has 2 heterocycles. The van der Waals surface area contributed by atoms with Crippen molar-refractivity contribution in [3.63, 3.8) is 0 Å². The second-order valence-electron chi connectivity index (χ2n) is 8.04. The summed E-state index contributed by atoms with van der Waals surface area (Å²) in [4.78, 5) is 0. The van der Waals surface area contributed by atoms with Crippen molar-refractivity contribution in [2.45, 2.75) is 57.2 Å². The molecule has 4 unspecified atom stereocenters. The maximum absolute atomic E-state index is 6.56. The van der Waals surface area contributed by atoms with Gasteiger partial charge in [-0.2, -0.15) is 0 Å². The van der Waals surface area contributed by atoms with Gasteiger partial charge in [0, 0.05) is 0 Å². The van der Waals surface area contributed by atoms with Gasteiger partial charge in [-0.05, 0) is 0 Å². The zero-order valence-electron chi connectivity index (χ0n) is 15.4. The Bertz CT molecular complexity index is 750. The van der Waals surface area contributed by atoms with Gasteiger partial charge in [-0.1, -0.05) is 0 Å². The third kappa shape index (κ3) is 3.03. The van der Waals surface area contributed by atoms with E-state index in [9.17, 15) is 0 Å². The van der Waals surface area contributed by atoms with Crippen LogP contribution in [0.25, 0.3) is 11.1 Å². The van der Waals surface area contributed by atoms with Gasteiger partial charge in [0.05, 0.1) is 0 Å². The summed E-state index contributed by atoms with van der Waals surface area (Å²) in [6.07, 6.45) is 7.05. The van der Waals surface area contributed by atoms with E-state index in [0.29, 0.717) is 18.2 Å². The third-order valence-electron chi connectivity index (χ3n) is 6.47. The van der Waals surface area contributed by atoms with E-state index in [1.807, 2.05) is 0 Å². The Kier molecular flexibility index (Phi) is 4.61. The van der Waals surface area contributed by atoms with Gasteiger partial charge in [0.1, 0.15) is 0 Å². The fourth-order valence-corrected chi connectivity index (χ4v) is 10.6. The molecule has 4 atom stereocenters. The molecule has 0 N–H and O–H groups in total. The summed E-state index contributed by atoms with van der Waals surface area (Å²) in [5.74, 6) is 1.81. The zero-order valence-corrected chi connectivity index (χ0v) is 17.8. The molecule has 3 nitrogen and oxygen atoms in total. The number of rotatable bonds is 3. The van der Waals surface area contributed by atoms with Crippen molar-refractivity contribution in [2.75, 3.05) is 0 Å². The Labute approximate surface area is 162 Å². The van der Waals surface area contributed by atoms with Gasteiger partial charge >= 0.3 is 162 Å². The van der Waals surface area contributed by atoms with Gasteiger partial charge in [0.15, 0.2) is 0 Å². The van der Waals surface area contributed by atoms with E-state index in [-0.39, 0.29) is 0 Å². The number of hydrogen-bond acceptors (Lipinski definition) is 3. The molecule has 1 saturated carbocycles. The van der Waals surface area contributed by atoms with Crippen molar-refractivity contribution in [3.8, 4) is 16.9 Å². The van der Waals surface area contributed by atoms with Gasteiger partial charge in [-0.25, -0.2) is 0 Å². The zero-order chi connectivity index (χ0) is 17.5. The van der Waals surface area contributed by atoms with Gasteiger partial charge in [0.2, 0.25) is 0 Å². The van der Waals surface area contributed by atoms with Crippen molar-refractivity contribution < 1.29 is 7.06 Å². The molecule has 0 amide bonds. The van der Waals surface area contributed by atoms with Gasteiger partial charge in [-0.3, -0.25) is 0 Å². The minimum absolute atomic E-state index is 0.435. The van der Waals surface area contributed by atoms with E-state index in [1.165, 1.54) is 43.2 Å². The number of nitrogens with zero attached hydrogens (tertiary/aromatic N) is 1. The van der Waals surface area contributed by atoms with Crippen molar-refractivity contribution in [1.29, 1.82) is 0 Å². The van der Waals surface area contributed by atoms with Crippen molar-refractivity contribution in [3.05, 3.63) is 54.6 Å². The molecule has 3 fully saturated rings. The van der Waals surface area contributed by atoms with E-state index in [1.54, 1.807) is 0 Å². The Morgan fingerprint density at radius 2 is 1.69 bits per heavy atom. The molecular formula is C22H26GaNO2. The second-order valence-corrected chi connectivity index (χ2v) is 11.6. The van der Waals surface area contributed by atoms with Crippen LogP contribution in [0.15, 0.2) is 54.6 Å². The fourth-order valence-electron chi connectivity index (χ4n) is 5.15. The topological polar surface area (TPSA) is 21.7 Å². The van der Waals surface area contributed by atoms with Crippen LogP contribution in [-0.2, 0) is 3.53 Å². The third-order valence-corrected chi connectivity index (χ3v) is 11.5.